The third-order valence-electron chi connectivity index (χ3n) is 2.56. The second-order valence-electron chi connectivity index (χ2n) is 5.43. The Balaban J connectivity index is 2.51. The van der Waals surface area contributed by atoms with Crippen LogP contribution in [0.15, 0.2) is 21.9 Å². The second-order valence-corrected chi connectivity index (χ2v) is 5.79. The van der Waals surface area contributed by atoms with Gasteiger partial charge in [0.15, 0.2) is 0 Å². The molecule has 0 fully saturated rings. The maximum Gasteiger partial charge on any atom is 0.329 e. The third-order valence-corrected chi connectivity index (χ3v) is 2.84. The summed E-state index contributed by atoms with van der Waals surface area (Å²) in [5.74, 6) is -0.686. The van der Waals surface area contributed by atoms with E-state index < -0.39 is 29.4 Å². The van der Waals surface area contributed by atoms with Gasteiger partial charge in [0, 0.05) is 6.20 Å². The van der Waals surface area contributed by atoms with E-state index in [1.54, 1.807) is 20.8 Å². The van der Waals surface area contributed by atoms with Crippen LogP contribution in [0.5, 0.6) is 0 Å². The van der Waals surface area contributed by atoms with E-state index >= 15 is 0 Å². The van der Waals surface area contributed by atoms with E-state index in [2.05, 4.69) is 9.97 Å². The zero-order valence-electron chi connectivity index (χ0n) is 11.8. The maximum atomic E-state index is 12.3. The highest BCUT2D eigenvalue weighted by Gasteiger charge is 2.19. The van der Waals surface area contributed by atoms with Crippen LogP contribution < -0.4 is 11.2 Å². The summed E-state index contributed by atoms with van der Waals surface area (Å²) in [4.78, 5) is 42.2. The molecule has 2 aromatic heterocycles. The summed E-state index contributed by atoms with van der Waals surface area (Å²) in [6, 6.07) is 1.46. The first-order valence-corrected chi connectivity index (χ1v) is 6.56. The normalized spacial score (nSPS) is 11.6. The van der Waals surface area contributed by atoms with Crippen molar-refractivity contribution in [2.45, 2.75) is 32.9 Å². The van der Waals surface area contributed by atoms with Gasteiger partial charge in [0.2, 0.25) is 0 Å². The first kappa shape index (κ1) is 15.2. The molecular formula is C13H14ClN3O4. The van der Waals surface area contributed by atoms with Gasteiger partial charge in [-0.05, 0) is 26.8 Å². The fourth-order valence-corrected chi connectivity index (χ4v) is 2.04. The Morgan fingerprint density at radius 1 is 1.43 bits per heavy atom. The fraction of sp³-hybridized carbons (Fsp3) is 0.385. The number of esters is 1. The van der Waals surface area contributed by atoms with Crippen LogP contribution in [0.1, 0.15) is 20.8 Å². The summed E-state index contributed by atoms with van der Waals surface area (Å²) >= 11 is 5.87. The predicted molar refractivity (Wildman–Crippen MR) is 77.5 cm³/mol. The molecule has 0 aliphatic carbocycles. The zero-order valence-corrected chi connectivity index (χ0v) is 12.5. The molecule has 2 heterocycles. The van der Waals surface area contributed by atoms with E-state index in [1.807, 2.05) is 0 Å². The van der Waals surface area contributed by atoms with E-state index in [1.165, 1.54) is 12.3 Å². The van der Waals surface area contributed by atoms with Gasteiger partial charge in [-0.15, -0.1) is 0 Å². The van der Waals surface area contributed by atoms with Gasteiger partial charge in [-0.1, -0.05) is 11.6 Å². The first-order chi connectivity index (χ1) is 9.69. The number of pyridine rings is 1. The van der Waals surface area contributed by atoms with Crippen molar-refractivity contribution in [2.75, 3.05) is 0 Å². The Morgan fingerprint density at radius 2 is 2.10 bits per heavy atom. The van der Waals surface area contributed by atoms with Gasteiger partial charge in [-0.2, -0.15) is 0 Å². The SMILES string of the molecule is CC(C)(C)OC(=O)Cn1c(=O)[nH]c2ccnc(Cl)c2c1=O. The van der Waals surface area contributed by atoms with Crippen molar-refractivity contribution in [1.82, 2.24) is 14.5 Å². The van der Waals surface area contributed by atoms with Crippen LogP contribution >= 0.6 is 11.6 Å². The van der Waals surface area contributed by atoms with Crippen molar-refractivity contribution in [2.24, 2.45) is 0 Å². The predicted octanol–water partition coefficient (Wildman–Crippen LogP) is 1.08. The molecule has 0 aliphatic heterocycles. The van der Waals surface area contributed by atoms with E-state index in [9.17, 15) is 14.4 Å². The number of hydrogen-bond acceptors (Lipinski definition) is 5. The average Bonchev–Trinajstić information content (AvgIpc) is 2.32. The molecule has 0 unspecified atom stereocenters. The second kappa shape index (κ2) is 5.33. The quantitative estimate of drug-likeness (QED) is 0.661. The van der Waals surface area contributed by atoms with Crippen LogP contribution in [-0.2, 0) is 16.1 Å². The van der Waals surface area contributed by atoms with Gasteiger partial charge in [0.1, 0.15) is 22.7 Å². The highest BCUT2D eigenvalue weighted by Crippen LogP contribution is 2.13. The van der Waals surface area contributed by atoms with Crippen LogP contribution in [0.4, 0.5) is 0 Å². The summed E-state index contributed by atoms with van der Waals surface area (Å²) in [5, 5.41) is 0.0222. The Labute approximate surface area is 124 Å². The maximum absolute atomic E-state index is 12.3. The number of ether oxygens (including phenoxy) is 1. The molecule has 0 radical (unpaired) electrons. The third kappa shape index (κ3) is 3.30. The molecule has 2 rings (SSSR count). The lowest BCUT2D eigenvalue weighted by atomic mass is 10.2. The number of nitrogens with zero attached hydrogens (tertiary/aromatic N) is 2. The number of carbonyl (C=O) groups is 1. The minimum absolute atomic E-state index is 0.0355. The van der Waals surface area contributed by atoms with Crippen LogP contribution in [0.3, 0.4) is 0 Å². The number of H-pyrrole nitrogens is 1. The number of hydrogen-bond donors (Lipinski definition) is 1. The zero-order chi connectivity index (χ0) is 15.8. The van der Waals surface area contributed by atoms with Crippen molar-refractivity contribution in [3.8, 4) is 0 Å². The van der Waals surface area contributed by atoms with Crippen molar-refractivity contribution in [1.29, 1.82) is 0 Å². The van der Waals surface area contributed by atoms with Crippen LogP contribution in [0, 0.1) is 0 Å². The molecule has 0 saturated carbocycles. The highest BCUT2D eigenvalue weighted by molar-refractivity contribution is 6.33. The summed E-state index contributed by atoms with van der Waals surface area (Å²) in [5.41, 5.74) is -1.83. The average molecular weight is 312 g/mol. The monoisotopic (exact) mass is 311 g/mol. The number of aromatic amines is 1. The molecule has 0 atom stereocenters. The lowest BCUT2D eigenvalue weighted by Gasteiger charge is -2.19. The number of carbonyl (C=O) groups excluding carboxylic acids is 1. The van der Waals surface area contributed by atoms with Crippen LogP contribution in [0.2, 0.25) is 5.15 Å². The van der Waals surface area contributed by atoms with Gasteiger partial charge in [-0.3, -0.25) is 9.59 Å². The van der Waals surface area contributed by atoms with E-state index in [0.717, 1.165) is 4.57 Å². The number of halogens is 1. The first-order valence-electron chi connectivity index (χ1n) is 6.18. The topological polar surface area (TPSA) is 94.1 Å². The molecule has 0 saturated heterocycles. The van der Waals surface area contributed by atoms with Gasteiger partial charge >= 0.3 is 11.7 Å². The van der Waals surface area contributed by atoms with Crippen molar-refractivity contribution < 1.29 is 9.53 Å². The van der Waals surface area contributed by atoms with Crippen LogP contribution in [0.25, 0.3) is 10.9 Å². The number of fused-ring (bicyclic) bond motifs is 1. The van der Waals surface area contributed by atoms with Gasteiger partial charge in [-0.25, -0.2) is 14.3 Å². The minimum atomic E-state index is -0.708. The van der Waals surface area contributed by atoms with Gasteiger partial charge < -0.3 is 9.72 Å². The standard InChI is InChI=1S/C13H14ClN3O4/c1-13(2,3)21-8(18)6-17-11(19)9-7(16-12(17)20)4-5-15-10(9)14/h4-5H,6H2,1-3H3,(H,16,20). The molecule has 0 bridgehead atoms. The fourth-order valence-electron chi connectivity index (χ4n) is 1.80. The molecule has 0 aromatic carbocycles. The molecule has 0 amide bonds. The molecule has 21 heavy (non-hydrogen) atoms. The molecule has 2 aromatic rings. The molecule has 0 spiro atoms. The molecular weight excluding hydrogens is 298 g/mol. The summed E-state index contributed by atoms with van der Waals surface area (Å²) in [6.07, 6.45) is 1.37. The Bertz CT molecular complexity index is 817. The summed E-state index contributed by atoms with van der Waals surface area (Å²) in [7, 11) is 0. The smallest absolute Gasteiger partial charge is 0.329 e. The molecule has 8 heteroatoms. The lowest BCUT2D eigenvalue weighted by molar-refractivity contribution is -0.155. The summed E-state index contributed by atoms with van der Waals surface area (Å²) in [6.45, 7) is 4.59. The Morgan fingerprint density at radius 3 is 2.71 bits per heavy atom. The molecule has 7 nitrogen and oxygen atoms in total. The van der Waals surface area contributed by atoms with Crippen molar-refractivity contribution in [3.05, 3.63) is 38.3 Å². The summed E-state index contributed by atoms with van der Waals surface area (Å²) < 4.78 is 5.83. The van der Waals surface area contributed by atoms with Crippen molar-refractivity contribution >= 4 is 28.5 Å². The van der Waals surface area contributed by atoms with Gasteiger partial charge in [0.25, 0.3) is 5.56 Å². The van der Waals surface area contributed by atoms with Gasteiger partial charge in [0.05, 0.1) is 5.52 Å². The highest BCUT2D eigenvalue weighted by atomic mass is 35.5. The lowest BCUT2D eigenvalue weighted by Crippen LogP contribution is -2.39. The number of nitrogens with one attached hydrogen (secondary N) is 1. The minimum Gasteiger partial charge on any atom is -0.459 e. The number of aromatic nitrogens is 3. The molecule has 112 valence electrons. The van der Waals surface area contributed by atoms with E-state index in [4.69, 9.17) is 16.3 Å². The molecule has 0 aliphatic rings. The largest absolute Gasteiger partial charge is 0.459 e. The van der Waals surface area contributed by atoms with E-state index in [-0.39, 0.29) is 16.1 Å². The van der Waals surface area contributed by atoms with E-state index in [0.29, 0.717) is 0 Å². The van der Waals surface area contributed by atoms with Crippen molar-refractivity contribution in [3.63, 3.8) is 0 Å². The molecule has 1 N–H and O–H groups in total. The Kier molecular flexibility index (Phi) is 3.87. The number of rotatable bonds is 2. The Hall–Kier alpha value is -2.15. The van der Waals surface area contributed by atoms with Crippen LogP contribution in [-0.4, -0.2) is 26.1 Å².